The summed E-state index contributed by atoms with van der Waals surface area (Å²) in [4.78, 5) is 25.5. The number of carbonyl (C=O) groups is 1. The topological polar surface area (TPSA) is 87.3 Å². The van der Waals surface area contributed by atoms with Crippen LogP contribution in [-0.2, 0) is 4.74 Å². The first-order chi connectivity index (χ1) is 12.2. The number of aromatic amines is 1. The number of alkyl carbamates (subject to hydrolysis) is 1. The van der Waals surface area contributed by atoms with Crippen molar-refractivity contribution in [2.24, 2.45) is 5.92 Å². The second-order valence-corrected chi connectivity index (χ2v) is 7.38. The number of anilines is 1. The third kappa shape index (κ3) is 4.25. The molecule has 1 aromatic heterocycles. The van der Waals surface area contributed by atoms with Crippen molar-refractivity contribution in [2.75, 3.05) is 18.0 Å². The lowest BCUT2D eigenvalue weighted by Gasteiger charge is -2.29. The number of nitrogens with zero attached hydrogens (tertiary/aromatic N) is 2. The summed E-state index contributed by atoms with van der Waals surface area (Å²) in [5.74, 6) is -2.62. The molecule has 3 rings (SSSR count). The maximum atomic E-state index is 13.2. The molecule has 2 aliphatic rings. The molecule has 1 aliphatic carbocycles. The second-order valence-electron chi connectivity index (χ2n) is 7.00. The molecule has 2 fully saturated rings. The lowest BCUT2D eigenvalue weighted by Crippen LogP contribution is -2.42. The Bertz CT molecular complexity index is 720. The Balaban J connectivity index is 1.55. The smallest absolute Gasteiger partial charge is 0.407 e. The van der Waals surface area contributed by atoms with Crippen LogP contribution in [0.5, 0.6) is 0 Å². The van der Waals surface area contributed by atoms with Gasteiger partial charge in [-0.15, -0.1) is 0 Å². The van der Waals surface area contributed by atoms with Crippen molar-refractivity contribution in [1.29, 1.82) is 0 Å². The summed E-state index contributed by atoms with van der Waals surface area (Å²) in [6, 6.07) is -0.290. The van der Waals surface area contributed by atoms with Crippen LogP contribution in [0.15, 0.2) is 11.0 Å². The molecule has 10 heteroatoms. The number of nitrogens with one attached hydrogen (secondary N) is 2. The molecule has 1 aliphatic heterocycles. The monoisotopic (exact) mass is 390 g/mol. The Morgan fingerprint density at radius 1 is 1.42 bits per heavy atom. The van der Waals surface area contributed by atoms with E-state index in [1.807, 2.05) is 11.8 Å². The molecule has 2 heterocycles. The average Bonchev–Trinajstić information content (AvgIpc) is 2.92. The van der Waals surface area contributed by atoms with Gasteiger partial charge in [0.2, 0.25) is 5.92 Å². The minimum atomic E-state index is -2.64. The number of hydrogen-bond donors (Lipinski definition) is 2. The molecule has 26 heavy (non-hydrogen) atoms. The molecule has 144 valence electrons. The van der Waals surface area contributed by atoms with E-state index in [0.717, 1.165) is 0 Å². The molecule has 2 atom stereocenters. The van der Waals surface area contributed by atoms with Crippen molar-refractivity contribution in [3.8, 4) is 0 Å². The number of rotatable bonds is 3. The molecular weight excluding hydrogens is 370 g/mol. The highest BCUT2D eigenvalue weighted by Crippen LogP contribution is 2.33. The molecule has 0 aromatic carbocycles. The Morgan fingerprint density at radius 2 is 2.12 bits per heavy atom. The van der Waals surface area contributed by atoms with Crippen LogP contribution in [0, 0.1) is 5.92 Å². The Kier molecular flexibility index (Phi) is 5.36. The number of carbonyl (C=O) groups excluding carboxylic acids is 1. The van der Waals surface area contributed by atoms with E-state index in [4.69, 9.17) is 16.3 Å². The van der Waals surface area contributed by atoms with Crippen molar-refractivity contribution in [3.05, 3.63) is 21.6 Å². The van der Waals surface area contributed by atoms with Crippen LogP contribution < -0.4 is 15.8 Å². The number of halogens is 3. The van der Waals surface area contributed by atoms with Gasteiger partial charge in [0.1, 0.15) is 11.1 Å². The average molecular weight is 391 g/mol. The molecule has 0 radical (unpaired) electrons. The van der Waals surface area contributed by atoms with Crippen molar-refractivity contribution in [2.45, 2.75) is 50.7 Å². The predicted molar refractivity (Wildman–Crippen MR) is 91.9 cm³/mol. The molecule has 0 unspecified atom stereocenters. The molecule has 1 saturated carbocycles. The van der Waals surface area contributed by atoms with Crippen molar-refractivity contribution >= 4 is 23.4 Å². The SMILES string of the molecule is C[C@H]1CN(c2cn[nH]c(=O)c2Cl)C[C@@H]1OC(=O)NC1CCC(F)(F)CC1. The highest BCUT2D eigenvalue weighted by molar-refractivity contribution is 6.33. The van der Waals surface area contributed by atoms with E-state index in [-0.39, 0.29) is 42.7 Å². The predicted octanol–water partition coefficient (Wildman–Crippen LogP) is 2.55. The maximum absolute atomic E-state index is 13.2. The van der Waals surface area contributed by atoms with E-state index in [0.29, 0.717) is 18.8 Å². The third-order valence-electron chi connectivity index (χ3n) is 4.96. The lowest BCUT2D eigenvalue weighted by molar-refractivity contribution is -0.0407. The van der Waals surface area contributed by atoms with Crippen LogP contribution in [0.2, 0.25) is 5.02 Å². The highest BCUT2D eigenvalue weighted by Gasteiger charge is 2.37. The number of amides is 1. The van der Waals surface area contributed by atoms with Gasteiger partial charge in [0.25, 0.3) is 5.56 Å². The standard InChI is InChI=1S/C16H21ClF2N4O3/c1-9-7-23(11-6-20-22-14(24)13(11)17)8-12(9)26-15(25)21-10-2-4-16(18,19)5-3-10/h6,9-10,12H,2-5,7-8H2,1H3,(H,21,25)(H,22,24)/t9-,12-/m0/s1. The Labute approximate surface area is 154 Å². The fourth-order valence-electron chi connectivity index (χ4n) is 3.40. The van der Waals surface area contributed by atoms with Crippen molar-refractivity contribution in [1.82, 2.24) is 15.5 Å². The van der Waals surface area contributed by atoms with Gasteiger partial charge < -0.3 is 15.0 Å². The van der Waals surface area contributed by atoms with Gasteiger partial charge in [-0.1, -0.05) is 18.5 Å². The van der Waals surface area contributed by atoms with Crippen molar-refractivity contribution < 1.29 is 18.3 Å². The van der Waals surface area contributed by atoms with E-state index < -0.39 is 23.7 Å². The van der Waals surface area contributed by atoms with Crippen LogP contribution in [-0.4, -0.2) is 47.4 Å². The van der Waals surface area contributed by atoms with Crippen LogP contribution in [0.4, 0.5) is 19.3 Å². The van der Waals surface area contributed by atoms with E-state index >= 15 is 0 Å². The van der Waals surface area contributed by atoms with E-state index in [2.05, 4.69) is 15.5 Å². The molecule has 1 saturated heterocycles. The zero-order valence-corrected chi connectivity index (χ0v) is 15.1. The van der Waals surface area contributed by atoms with Crippen LogP contribution in [0.3, 0.4) is 0 Å². The van der Waals surface area contributed by atoms with E-state index in [1.54, 1.807) is 0 Å². The summed E-state index contributed by atoms with van der Waals surface area (Å²) < 4.78 is 31.8. The summed E-state index contributed by atoms with van der Waals surface area (Å²) >= 11 is 6.02. The number of alkyl halides is 2. The maximum Gasteiger partial charge on any atom is 0.407 e. The molecule has 2 N–H and O–H groups in total. The first-order valence-electron chi connectivity index (χ1n) is 8.58. The summed E-state index contributed by atoms with van der Waals surface area (Å²) in [6.07, 6.45) is 0.496. The first-order valence-corrected chi connectivity index (χ1v) is 8.96. The van der Waals surface area contributed by atoms with Gasteiger partial charge in [-0.25, -0.2) is 18.7 Å². The quantitative estimate of drug-likeness (QED) is 0.828. The van der Waals surface area contributed by atoms with Gasteiger partial charge in [0, 0.05) is 31.3 Å². The van der Waals surface area contributed by atoms with E-state index in [1.165, 1.54) is 6.20 Å². The minimum Gasteiger partial charge on any atom is -0.444 e. The van der Waals surface area contributed by atoms with Gasteiger partial charge in [0.05, 0.1) is 18.4 Å². The van der Waals surface area contributed by atoms with Gasteiger partial charge in [0.15, 0.2) is 0 Å². The molecule has 7 nitrogen and oxygen atoms in total. The summed E-state index contributed by atoms with van der Waals surface area (Å²) in [5, 5.41) is 8.72. The fraction of sp³-hybridized carbons (Fsp3) is 0.688. The Morgan fingerprint density at radius 3 is 2.81 bits per heavy atom. The summed E-state index contributed by atoms with van der Waals surface area (Å²) in [6.45, 7) is 2.86. The number of aromatic nitrogens is 2. The minimum absolute atomic E-state index is 0.0202. The molecule has 1 aromatic rings. The van der Waals surface area contributed by atoms with E-state index in [9.17, 15) is 18.4 Å². The van der Waals surface area contributed by atoms with Crippen LogP contribution in [0.25, 0.3) is 0 Å². The van der Waals surface area contributed by atoms with Gasteiger partial charge in [-0.2, -0.15) is 5.10 Å². The largest absolute Gasteiger partial charge is 0.444 e. The van der Waals surface area contributed by atoms with Gasteiger partial charge >= 0.3 is 6.09 Å². The molecule has 0 bridgehead atoms. The third-order valence-corrected chi connectivity index (χ3v) is 5.32. The normalized spacial score (nSPS) is 25.9. The first kappa shape index (κ1) is 18.9. The highest BCUT2D eigenvalue weighted by atomic mass is 35.5. The van der Waals surface area contributed by atoms with Gasteiger partial charge in [-0.3, -0.25) is 4.79 Å². The molecule has 1 amide bonds. The summed E-state index contributed by atoms with van der Waals surface area (Å²) in [5.41, 5.74) is 0.0105. The number of ether oxygens (including phenoxy) is 1. The Hall–Kier alpha value is -1.90. The van der Waals surface area contributed by atoms with Crippen LogP contribution >= 0.6 is 11.6 Å². The second kappa shape index (κ2) is 7.38. The number of H-pyrrole nitrogens is 1. The van der Waals surface area contributed by atoms with Crippen molar-refractivity contribution in [3.63, 3.8) is 0 Å². The summed E-state index contributed by atoms with van der Waals surface area (Å²) in [7, 11) is 0. The zero-order chi connectivity index (χ0) is 18.9. The van der Waals surface area contributed by atoms with Crippen LogP contribution in [0.1, 0.15) is 32.6 Å². The zero-order valence-electron chi connectivity index (χ0n) is 14.3. The lowest BCUT2D eigenvalue weighted by atomic mass is 9.92. The van der Waals surface area contributed by atoms with Gasteiger partial charge in [-0.05, 0) is 12.8 Å². The fourth-order valence-corrected chi connectivity index (χ4v) is 3.61. The number of hydrogen-bond acceptors (Lipinski definition) is 5. The molecular formula is C16H21ClF2N4O3. The molecule has 0 spiro atoms.